The van der Waals surface area contributed by atoms with Gasteiger partial charge < -0.3 is 10.1 Å². The first-order valence-corrected chi connectivity index (χ1v) is 7.28. The fourth-order valence-corrected chi connectivity index (χ4v) is 2.01. The van der Waals surface area contributed by atoms with Crippen LogP contribution in [-0.2, 0) is 16.0 Å². The van der Waals surface area contributed by atoms with Gasteiger partial charge in [-0.25, -0.2) is 4.39 Å². The molecule has 0 radical (unpaired) electrons. The molecule has 2 aromatic rings. The van der Waals surface area contributed by atoms with Crippen LogP contribution in [0.2, 0.25) is 0 Å². The van der Waals surface area contributed by atoms with Gasteiger partial charge in [0, 0.05) is 0 Å². The van der Waals surface area contributed by atoms with Crippen molar-refractivity contribution in [2.24, 2.45) is 0 Å². The molecule has 0 unspecified atom stereocenters. The number of anilines is 1. The summed E-state index contributed by atoms with van der Waals surface area (Å²) in [5.74, 6) is -0.806. The largest absolute Gasteiger partial charge is 0.495 e. The summed E-state index contributed by atoms with van der Waals surface area (Å²) in [6.45, 7) is -0.0552. The lowest BCUT2D eigenvalue weighted by Crippen LogP contribution is -2.44. The van der Waals surface area contributed by atoms with Crippen LogP contribution in [0.4, 0.5) is 10.1 Å². The molecule has 0 fully saturated rings. The van der Waals surface area contributed by atoms with Crippen molar-refractivity contribution in [3.05, 3.63) is 59.9 Å². The second-order valence-corrected chi connectivity index (χ2v) is 4.92. The van der Waals surface area contributed by atoms with Crippen LogP contribution in [0.3, 0.4) is 0 Å². The van der Waals surface area contributed by atoms with Crippen molar-refractivity contribution in [2.45, 2.75) is 6.42 Å². The lowest BCUT2D eigenvalue weighted by molar-refractivity contribution is -0.127. The summed E-state index contributed by atoms with van der Waals surface area (Å²) in [6.07, 6.45) is -0.160. The summed E-state index contributed by atoms with van der Waals surface area (Å²) in [5.41, 5.74) is 5.43. The van der Waals surface area contributed by atoms with Gasteiger partial charge in [-0.3, -0.25) is 20.4 Å². The van der Waals surface area contributed by atoms with Crippen LogP contribution in [-0.4, -0.2) is 25.5 Å². The number of benzene rings is 2. The van der Waals surface area contributed by atoms with Gasteiger partial charge >= 0.3 is 0 Å². The van der Waals surface area contributed by atoms with E-state index in [1.807, 2.05) is 6.07 Å². The van der Waals surface area contributed by atoms with E-state index in [4.69, 9.17) is 4.74 Å². The van der Waals surface area contributed by atoms with Crippen LogP contribution in [0.25, 0.3) is 0 Å². The maximum atomic E-state index is 13.4. The van der Waals surface area contributed by atoms with E-state index in [1.54, 1.807) is 30.3 Å². The van der Waals surface area contributed by atoms with Crippen molar-refractivity contribution in [2.75, 3.05) is 19.0 Å². The highest BCUT2D eigenvalue weighted by Gasteiger charge is 2.09. The molecule has 0 saturated carbocycles. The first-order valence-electron chi connectivity index (χ1n) is 7.28. The number of para-hydroxylation sites is 2. The van der Waals surface area contributed by atoms with Crippen LogP contribution in [0.15, 0.2) is 48.5 Å². The van der Waals surface area contributed by atoms with E-state index in [0.29, 0.717) is 11.4 Å². The van der Waals surface area contributed by atoms with Gasteiger partial charge in [-0.1, -0.05) is 30.3 Å². The van der Waals surface area contributed by atoms with E-state index in [9.17, 15) is 14.0 Å². The van der Waals surface area contributed by atoms with Gasteiger partial charge in [-0.2, -0.15) is 0 Å². The maximum Gasteiger partial charge on any atom is 0.257 e. The van der Waals surface area contributed by atoms with E-state index in [0.717, 1.165) is 0 Å². The zero-order chi connectivity index (χ0) is 17.4. The molecule has 0 aromatic heterocycles. The van der Waals surface area contributed by atoms with Gasteiger partial charge in [0.05, 0.1) is 25.8 Å². The molecule has 6 nitrogen and oxygen atoms in total. The van der Waals surface area contributed by atoms with Crippen molar-refractivity contribution in [3.63, 3.8) is 0 Å². The number of hydrazine groups is 1. The number of nitrogens with one attached hydrogen (secondary N) is 3. The van der Waals surface area contributed by atoms with Gasteiger partial charge in [0.1, 0.15) is 11.6 Å². The van der Waals surface area contributed by atoms with Crippen molar-refractivity contribution in [3.8, 4) is 5.75 Å². The fraction of sp³-hybridized carbons (Fsp3) is 0.176. The number of ether oxygens (including phenoxy) is 1. The summed E-state index contributed by atoms with van der Waals surface area (Å²) in [5, 5.41) is 2.90. The maximum absolute atomic E-state index is 13.4. The number of carbonyl (C=O) groups is 2. The third kappa shape index (κ3) is 4.98. The highest BCUT2D eigenvalue weighted by Crippen LogP contribution is 2.22. The predicted molar refractivity (Wildman–Crippen MR) is 87.9 cm³/mol. The predicted octanol–water partition coefficient (Wildman–Crippen LogP) is 1.64. The summed E-state index contributed by atoms with van der Waals surface area (Å²) >= 11 is 0. The molecule has 2 amide bonds. The van der Waals surface area contributed by atoms with Crippen LogP contribution in [0, 0.1) is 5.82 Å². The molecule has 0 saturated heterocycles. The average molecular weight is 331 g/mol. The zero-order valence-corrected chi connectivity index (χ0v) is 13.1. The Labute approximate surface area is 139 Å². The fourth-order valence-electron chi connectivity index (χ4n) is 2.01. The Morgan fingerprint density at radius 2 is 1.67 bits per heavy atom. The Morgan fingerprint density at radius 1 is 1.00 bits per heavy atom. The lowest BCUT2D eigenvalue weighted by Gasteiger charge is -2.11. The Bertz CT molecular complexity index is 722. The molecule has 0 aliphatic carbocycles. The summed E-state index contributed by atoms with van der Waals surface area (Å²) in [6, 6.07) is 13.1. The van der Waals surface area contributed by atoms with Gasteiger partial charge in [-0.05, 0) is 23.8 Å². The van der Waals surface area contributed by atoms with Crippen LogP contribution >= 0.6 is 0 Å². The average Bonchev–Trinajstić information content (AvgIpc) is 2.60. The second-order valence-electron chi connectivity index (χ2n) is 4.92. The number of carbonyl (C=O) groups excluding carboxylic acids is 2. The standard InChI is InChI=1S/C17H18FN3O3/c1-24-15-9-5-4-8-14(15)19-11-17(23)21-20-16(22)10-12-6-2-3-7-13(12)18/h2-9,19H,10-11H2,1H3,(H,20,22)(H,21,23). The van der Waals surface area contributed by atoms with Crippen LogP contribution in [0.1, 0.15) is 5.56 Å². The number of hydrogen-bond acceptors (Lipinski definition) is 4. The van der Waals surface area contributed by atoms with Crippen molar-refractivity contribution >= 4 is 17.5 Å². The number of amides is 2. The molecule has 0 atom stereocenters. The molecule has 2 aromatic carbocycles. The zero-order valence-electron chi connectivity index (χ0n) is 13.1. The van der Waals surface area contributed by atoms with E-state index in [2.05, 4.69) is 16.2 Å². The quantitative estimate of drug-likeness (QED) is 0.703. The Balaban J connectivity index is 1.77. The lowest BCUT2D eigenvalue weighted by atomic mass is 10.1. The summed E-state index contributed by atoms with van der Waals surface area (Å²) < 4.78 is 18.6. The van der Waals surface area contributed by atoms with Gasteiger partial charge in [0.15, 0.2) is 0 Å². The Hall–Kier alpha value is -3.09. The third-order valence-electron chi connectivity index (χ3n) is 3.20. The molecule has 2 rings (SSSR count). The van der Waals surface area contributed by atoms with Crippen molar-refractivity contribution in [1.29, 1.82) is 0 Å². The van der Waals surface area contributed by atoms with Gasteiger partial charge in [0.2, 0.25) is 5.91 Å². The minimum Gasteiger partial charge on any atom is -0.495 e. The van der Waals surface area contributed by atoms with Crippen molar-refractivity contribution in [1.82, 2.24) is 10.9 Å². The first kappa shape index (κ1) is 17.3. The van der Waals surface area contributed by atoms with Crippen molar-refractivity contribution < 1.29 is 18.7 Å². The molecular weight excluding hydrogens is 313 g/mol. The molecule has 0 spiro atoms. The molecule has 0 aliphatic heterocycles. The Kier molecular flexibility index (Phi) is 6.13. The van der Waals surface area contributed by atoms with Gasteiger partial charge in [0.25, 0.3) is 5.91 Å². The topological polar surface area (TPSA) is 79.5 Å². The molecule has 126 valence electrons. The summed E-state index contributed by atoms with van der Waals surface area (Å²) in [4.78, 5) is 23.4. The molecule has 0 bridgehead atoms. The highest BCUT2D eigenvalue weighted by atomic mass is 19.1. The highest BCUT2D eigenvalue weighted by molar-refractivity contribution is 5.85. The van der Waals surface area contributed by atoms with E-state index >= 15 is 0 Å². The van der Waals surface area contributed by atoms with Gasteiger partial charge in [-0.15, -0.1) is 0 Å². The minimum atomic E-state index is -0.509. The van der Waals surface area contributed by atoms with Crippen LogP contribution < -0.4 is 20.9 Å². The van der Waals surface area contributed by atoms with Crippen LogP contribution in [0.5, 0.6) is 5.75 Å². The first-order chi connectivity index (χ1) is 11.6. The Morgan fingerprint density at radius 3 is 2.42 bits per heavy atom. The summed E-state index contributed by atoms with van der Waals surface area (Å²) in [7, 11) is 1.53. The van der Waals surface area contributed by atoms with E-state index in [-0.39, 0.29) is 18.5 Å². The smallest absolute Gasteiger partial charge is 0.257 e. The van der Waals surface area contributed by atoms with E-state index < -0.39 is 17.6 Å². The molecule has 24 heavy (non-hydrogen) atoms. The number of halogens is 1. The third-order valence-corrected chi connectivity index (χ3v) is 3.20. The number of rotatable bonds is 6. The molecular formula is C17H18FN3O3. The van der Waals surface area contributed by atoms with E-state index in [1.165, 1.54) is 19.2 Å². The molecule has 3 N–H and O–H groups in total. The molecule has 0 heterocycles. The number of hydrogen-bond donors (Lipinski definition) is 3. The minimum absolute atomic E-state index is 0.0552. The molecule has 0 aliphatic rings. The SMILES string of the molecule is COc1ccccc1NCC(=O)NNC(=O)Cc1ccccc1F. The normalized spacial score (nSPS) is 9.92. The monoisotopic (exact) mass is 331 g/mol. The molecule has 7 heteroatoms. The second kappa shape index (κ2) is 8.52. The number of methoxy groups -OCH3 is 1.